The molecule has 0 aliphatic rings. The van der Waals surface area contributed by atoms with Crippen molar-refractivity contribution in [1.29, 1.82) is 0 Å². The molecule has 0 bridgehead atoms. The minimum absolute atomic E-state index is 0.162. The third kappa shape index (κ3) is 4.11. The first-order chi connectivity index (χ1) is 9.15. The number of nitrogens with one attached hydrogen (secondary N) is 1. The second kappa shape index (κ2) is 6.40. The van der Waals surface area contributed by atoms with Gasteiger partial charge in [0, 0.05) is 18.0 Å². The van der Waals surface area contributed by atoms with Crippen LogP contribution in [0.2, 0.25) is 0 Å². The molecule has 0 aliphatic heterocycles. The van der Waals surface area contributed by atoms with E-state index in [1.165, 1.54) is 12.1 Å². The largest absolute Gasteiger partial charge is 0.324 e. The van der Waals surface area contributed by atoms with Gasteiger partial charge in [-0.2, -0.15) is 0 Å². The molecule has 0 saturated heterocycles. The molecule has 0 radical (unpaired) electrons. The number of nitrogens with zero attached hydrogens (tertiary/aromatic N) is 1. The van der Waals surface area contributed by atoms with E-state index in [4.69, 9.17) is 0 Å². The summed E-state index contributed by atoms with van der Waals surface area (Å²) in [4.78, 5) is 10.1. The predicted molar refractivity (Wildman–Crippen MR) is 72.8 cm³/mol. The van der Waals surface area contributed by atoms with E-state index in [0.29, 0.717) is 6.54 Å². The molecule has 0 spiro atoms. The highest BCUT2D eigenvalue weighted by Crippen LogP contribution is 2.22. The summed E-state index contributed by atoms with van der Waals surface area (Å²) in [5.74, 6) is -0.234. The molecule has 0 atom stereocenters. The minimum Gasteiger partial charge on any atom is -0.312 e. The van der Waals surface area contributed by atoms with E-state index in [9.17, 15) is 14.5 Å². The molecule has 1 heterocycles. The van der Waals surface area contributed by atoms with Gasteiger partial charge in [-0.05, 0) is 36.2 Å². The Bertz CT molecular complexity index is 554. The van der Waals surface area contributed by atoms with Crippen LogP contribution in [0.4, 0.5) is 9.39 Å². The predicted octanol–water partition coefficient (Wildman–Crippen LogP) is 3.13. The fourth-order valence-corrected chi connectivity index (χ4v) is 2.40. The van der Waals surface area contributed by atoms with Gasteiger partial charge in [-0.1, -0.05) is 23.5 Å². The maximum absolute atomic E-state index is 12.7. The Balaban J connectivity index is 1.74. The maximum atomic E-state index is 12.7. The van der Waals surface area contributed by atoms with Gasteiger partial charge < -0.3 is 5.32 Å². The molecule has 1 aromatic carbocycles. The van der Waals surface area contributed by atoms with Crippen LogP contribution in [-0.2, 0) is 13.0 Å². The topological polar surface area (TPSA) is 55.2 Å². The molecule has 100 valence electrons. The zero-order valence-electron chi connectivity index (χ0n) is 10.1. The van der Waals surface area contributed by atoms with E-state index in [2.05, 4.69) is 5.32 Å². The van der Waals surface area contributed by atoms with E-state index >= 15 is 0 Å². The van der Waals surface area contributed by atoms with E-state index in [0.717, 1.165) is 35.4 Å². The molecule has 2 aromatic rings. The van der Waals surface area contributed by atoms with Crippen molar-refractivity contribution in [3.63, 3.8) is 0 Å². The Morgan fingerprint density at radius 3 is 2.63 bits per heavy atom. The fourth-order valence-electron chi connectivity index (χ4n) is 1.67. The number of thiophene rings is 1. The lowest BCUT2D eigenvalue weighted by Gasteiger charge is -2.03. The van der Waals surface area contributed by atoms with Gasteiger partial charge in [0.15, 0.2) is 0 Å². The van der Waals surface area contributed by atoms with E-state index < -0.39 is 0 Å². The van der Waals surface area contributed by atoms with Crippen molar-refractivity contribution in [2.75, 3.05) is 6.54 Å². The van der Waals surface area contributed by atoms with Crippen molar-refractivity contribution in [1.82, 2.24) is 5.32 Å². The molecule has 0 aliphatic carbocycles. The molecule has 0 saturated carbocycles. The lowest BCUT2D eigenvalue weighted by molar-refractivity contribution is -0.380. The second-order valence-corrected chi connectivity index (χ2v) is 4.99. The molecule has 2 rings (SSSR count). The summed E-state index contributed by atoms with van der Waals surface area (Å²) in [6, 6.07) is 7.98. The van der Waals surface area contributed by atoms with Crippen molar-refractivity contribution < 1.29 is 9.31 Å². The van der Waals surface area contributed by atoms with E-state index in [1.807, 2.05) is 0 Å². The van der Waals surface area contributed by atoms with Crippen molar-refractivity contribution in [3.05, 3.63) is 62.8 Å². The Morgan fingerprint density at radius 1 is 1.26 bits per heavy atom. The Morgan fingerprint density at radius 2 is 2.00 bits per heavy atom. The lowest BCUT2D eigenvalue weighted by Crippen LogP contribution is -2.16. The van der Waals surface area contributed by atoms with Gasteiger partial charge in [-0.15, -0.1) is 0 Å². The van der Waals surface area contributed by atoms with Crippen molar-refractivity contribution in [2.45, 2.75) is 13.0 Å². The standard InChI is InChI=1S/C13H13FN2O2S/c14-12-3-1-10(2-4-12)5-6-15-8-11-7-13(16(17)18)19-9-11/h1-4,7,9,15H,5-6,8H2. The van der Waals surface area contributed by atoms with Crippen LogP contribution in [-0.4, -0.2) is 11.5 Å². The highest BCUT2D eigenvalue weighted by molar-refractivity contribution is 7.13. The third-order valence-corrected chi connectivity index (χ3v) is 3.58. The molecule has 0 amide bonds. The summed E-state index contributed by atoms with van der Waals surface area (Å²) in [5, 5.41) is 15.7. The van der Waals surface area contributed by atoms with Gasteiger partial charge >= 0.3 is 5.00 Å². The van der Waals surface area contributed by atoms with E-state index in [1.54, 1.807) is 23.6 Å². The van der Waals surface area contributed by atoms with Crippen LogP contribution >= 0.6 is 11.3 Å². The highest BCUT2D eigenvalue weighted by atomic mass is 32.1. The quantitative estimate of drug-likeness (QED) is 0.502. The van der Waals surface area contributed by atoms with Crippen LogP contribution in [0.5, 0.6) is 0 Å². The first-order valence-electron chi connectivity index (χ1n) is 5.82. The number of hydrogen-bond donors (Lipinski definition) is 1. The summed E-state index contributed by atoms with van der Waals surface area (Å²) >= 11 is 1.13. The van der Waals surface area contributed by atoms with Crippen LogP contribution < -0.4 is 5.32 Å². The smallest absolute Gasteiger partial charge is 0.312 e. The lowest BCUT2D eigenvalue weighted by atomic mass is 10.1. The van der Waals surface area contributed by atoms with Crippen LogP contribution in [0.25, 0.3) is 0 Å². The molecule has 1 aromatic heterocycles. The van der Waals surface area contributed by atoms with Gasteiger partial charge in [-0.3, -0.25) is 10.1 Å². The summed E-state index contributed by atoms with van der Waals surface area (Å²) < 4.78 is 12.7. The average molecular weight is 280 g/mol. The molecule has 0 fully saturated rings. The SMILES string of the molecule is O=[N+]([O-])c1cc(CNCCc2ccc(F)cc2)cs1. The van der Waals surface area contributed by atoms with Crippen molar-refractivity contribution >= 4 is 16.3 Å². The molecule has 6 heteroatoms. The normalized spacial score (nSPS) is 10.6. The number of rotatable bonds is 6. The number of halogens is 1. The summed E-state index contributed by atoms with van der Waals surface area (Å²) in [5.41, 5.74) is 1.97. The van der Waals surface area contributed by atoms with Crippen molar-refractivity contribution in [3.8, 4) is 0 Å². The highest BCUT2D eigenvalue weighted by Gasteiger charge is 2.08. The molecule has 4 nitrogen and oxygen atoms in total. The van der Waals surface area contributed by atoms with Gasteiger partial charge in [0.1, 0.15) is 5.82 Å². The molecular weight excluding hydrogens is 267 g/mol. The van der Waals surface area contributed by atoms with Crippen LogP contribution in [0, 0.1) is 15.9 Å². The van der Waals surface area contributed by atoms with Crippen molar-refractivity contribution in [2.24, 2.45) is 0 Å². The first-order valence-corrected chi connectivity index (χ1v) is 6.70. The Labute approximate surface area is 114 Å². The van der Waals surface area contributed by atoms with Gasteiger partial charge in [0.05, 0.1) is 4.92 Å². The Hall–Kier alpha value is -1.79. The van der Waals surface area contributed by atoms with Gasteiger partial charge in [0.25, 0.3) is 0 Å². The zero-order chi connectivity index (χ0) is 13.7. The van der Waals surface area contributed by atoms with Gasteiger partial charge in [-0.25, -0.2) is 4.39 Å². The summed E-state index contributed by atoms with van der Waals surface area (Å²) in [6.45, 7) is 1.35. The zero-order valence-corrected chi connectivity index (χ0v) is 11.0. The van der Waals surface area contributed by atoms with E-state index in [-0.39, 0.29) is 15.7 Å². The molecule has 0 unspecified atom stereocenters. The molecular formula is C13H13FN2O2S. The van der Waals surface area contributed by atoms with Crippen LogP contribution in [0.15, 0.2) is 35.7 Å². The fraction of sp³-hybridized carbons (Fsp3) is 0.231. The number of benzene rings is 1. The van der Waals surface area contributed by atoms with Crippen LogP contribution in [0.3, 0.4) is 0 Å². The molecule has 19 heavy (non-hydrogen) atoms. The Kier molecular flexibility index (Phi) is 4.59. The second-order valence-electron chi connectivity index (χ2n) is 4.10. The monoisotopic (exact) mass is 280 g/mol. The first kappa shape index (κ1) is 13.6. The number of hydrogen-bond acceptors (Lipinski definition) is 4. The maximum Gasteiger partial charge on any atom is 0.324 e. The van der Waals surface area contributed by atoms with Gasteiger partial charge in [0.2, 0.25) is 0 Å². The summed E-state index contributed by atoms with van der Waals surface area (Å²) in [7, 11) is 0. The van der Waals surface area contributed by atoms with Crippen LogP contribution in [0.1, 0.15) is 11.1 Å². The minimum atomic E-state index is -0.382. The number of nitro groups is 1. The summed E-state index contributed by atoms with van der Waals surface area (Å²) in [6.07, 6.45) is 0.798. The third-order valence-electron chi connectivity index (χ3n) is 2.65. The average Bonchev–Trinajstić information content (AvgIpc) is 2.86. The molecule has 1 N–H and O–H groups in total.